The number of nitrogens with one attached hydrogen (secondary N) is 2. The summed E-state index contributed by atoms with van der Waals surface area (Å²) in [4.78, 5) is 39.5. The Morgan fingerprint density at radius 2 is 1.57 bits per heavy atom. The number of ether oxygens (including phenoxy) is 1. The quantitative estimate of drug-likeness (QED) is 0.139. The average molecular weight is 744 g/mol. The molecule has 0 aromatic heterocycles. The summed E-state index contributed by atoms with van der Waals surface area (Å²) in [7, 11) is -3.16. The summed E-state index contributed by atoms with van der Waals surface area (Å²) < 4.78 is 39.7. The summed E-state index contributed by atoms with van der Waals surface area (Å²) in [6, 6.07) is 15.2. The summed E-state index contributed by atoms with van der Waals surface area (Å²) >= 11 is 0. The third kappa shape index (κ3) is 12.2. The Labute approximate surface area is 307 Å². The first kappa shape index (κ1) is 42.2. The molecule has 0 unspecified atom stereocenters. The first-order chi connectivity index (χ1) is 23.7. The highest BCUT2D eigenvalue weighted by molar-refractivity contribution is 7.92. The average Bonchev–Trinajstić information content (AvgIpc) is 3.06. The molecule has 0 saturated heterocycles. The van der Waals surface area contributed by atoms with Crippen molar-refractivity contribution >= 4 is 41.8 Å². The molecule has 0 radical (unpaired) electrons. The highest BCUT2D eigenvalue weighted by atomic mass is 32.2. The van der Waals surface area contributed by atoms with Gasteiger partial charge in [-0.2, -0.15) is 0 Å². The molecule has 51 heavy (non-hydrogen) atoms. The predicted octanol–water partition coefficient (Wildman–Crippen LogP) is 7.06. The van der Waals surface area contributed by atoms with Crippen LogP contribution in [0.4, 0.5) is 5.69 Å². The SMILES string of the molecule is COC(=O)C1CCC(NC(=O)[C@H](C)C[C@H](O[Si](C)(C)C(C)(C)C)[C@H](CC(C)C)NC(=O)c2cccc(N(C)S(=O)(=O)Cc3ccccc3)c2)CC1. The van der Waals surface area contributed by atoms with Crippen LogP contribution in [0.5, 0.6) is 0 Å². The van der Waals surface area contributed by atoms with Crippen molar-refractivity contribution in [2.75, 3.05) is 18.5 Å². The van der Waals surface area contributed by atoms with Gasteiger partial charge >= 0.3 is 5.97 Å². The van der Waals surface area contributed by atoms with Gasteiger partial charge in [-0.1, -0.05) is 77.9 Å². The van der Waals surface area contributed by atoms with Gasteiger partial charge in [0.15, 0.2) is 8.32 Å². The van der Waals surface area contributed by atoms with Crippen LogP contribution in [0.1, 0.15) is 96.0 Å². The molecule has 1 saturated carbocycles. The summed E-state index contributed by atoms with van der Waals surface area (Å²) in [6.45, 7) is 16.9. The largest absolute Gasteiger partial charge is 0.469 e. The maximum Gasteiger partial charge on any atom is 0.308 e. The van der Waals surface area contributed by atoms with Gasteiger partial charge in [0.2, 0.25) is 15.9 Å². The maximum absolute atomic E-state index is 14.0. The van der Waals surface area contributed by atoms with Gasteiger partial charge in [0.25, 0.3) is 5.91 Å². The van der Waals surface area contributed by atoms with Crippen molar-refractivity contribution in [3.05, 3.63) is 65.7 Å². The fraction of sp³-hybridized carbons (Fsp3) is 0.615. The molecule has 12 heteroatoms. The topological polar surface area (TPSA) is 131 Å². The van der Waals surface area contributed by atoms with E-state index in [2.05, 4.69) is 58.3 Å². The van der Waals surface area contributed by atoms with Gasteiger partial charge in [-0.05, 0) is 86.3 Å². The van der Waals surface area contributed by atoms with E-state index in [1.165, 1.54) is 18.5 Å². The molecule has 3 atom stereocenters. The van der Waals surface area contributed by atoms with Crippen molar-refractivity contribution in [3.8, 4) is 0 Å². The van der Waals surface area contributed by atoms with Crippen molar-refractivity contribution in [2.45, 2.75) is 122 Å². The highest BCUT2D eigenvalue weighted by Crippen LogP contribution is 2.39. The Hall–Kier alpha value is -3.22. The second-order valence-corrected chi connectivity index (χ2v) is 22.9. The van der Waals surface area contributed by atoms with E-state index in [0.717, 1.165) is 12.8 Å². The predicted molar refractivity (Wildman–Crippen MR) is 206 cm³/mol. The standard InChI is InChI=1S/C39H61N3O7SSi/c1-27(2)23-34(41-37(44)31-17-14-18-33(25-31)42(7)50(46,47)26-29-15-12-11-13-16-29)35(49-51(9,10)39(4,5)6)24-28(3)36(43)40-32-21-19-30(20-22-32)38(45)48-8/h11-18,25,27-28,30,32,34-35H,19-24,26H2,1-10H3,(H,40,43)(H,41,44)/t28-,30?,32?,34+,35+/m1/s1. The molecule has 0 aliphatic heterocycles. The van der Waals surface area contributed by atoms with Gasteiger partial charge in [-0.15, -0.1) is 0 Å². The summed E-state index contributed by atoms with van der Waals surface area (Å²) in [5.41, 5.74) is 1.40. The molecule has 1 aliphatic carbocycles. The first-order valence-electron chi connectivity index (χ1n) is 18.2. The Morgan fingerprint density at radius 3 is 2.14 bits per heavy atom. The van der Waals surface area contributed by atoms with E-state index in [-0.39, 0.29) is 46.5 Å². The number of carbonyl (C=O) groups excluding carboxylic acids is 3. The third-order valence-corrected chi connectivity index (χ3v) is 16.7. The number of esters is 1. The van der Waals surface area contributed by atoms with E-state index in [0.29, 0.717) is 42.5 Å². The van der Waals surface area contributed by atoms with Crippen molar-refractivity contribution < 1.29 is 32.0 Å². The van der Waals surface area contributed by atoms with Gasteiger partial charge in [-0.25, -0.2) is 8.42 Å². The van der Waals surface area contributed by atoms with E-state index in [9.17, 15) is 22.8 Å². The molecule has 2 N–H and O–H groups in total. The molecule has 2 aromatic rings. The molecule has 1 fully saturated rings. The molecule has 3 rings (SSSR count). The van der Waals surface area contributed by atoms with Gasteiger partial charge in [-0.3, -0.25) is 18.7 Å². The minimum absolute atomic E-state index is 0.00584. The van der Waals surface area contributed by atoms with Crippen LogP contribution in [-0.2, 0) is 34.5 Å². The van der Waals surface area contributed by atoms with Crippen molar-refractivity contribution in [2.24, 2.45) is 17.8 Å². The molecule has 10 nitrogen and oxygen atoms in total. The third-order valence-electron chi connectivity index (χ3n) is 10.5. The molecule has 2 amide bonds. The summed E-state index contributed by atoms with van der Waals surface area (Å²) in [5, 5.41) is 6.35. The summed E-state index contributed by atoms with van der Waals surface area (Å²) in [5.74, 6) is -1.05. The van der Waals surface area contributed by atoms with Crippen LogP contribution in [0.15, 0.2) is 54.6 Å². The van der Waals surface area contributed by atoms with Crippen LogP contribution in [-0.4, -0.2) is 66.9 Å². The van der Waals surface area contributed by atoms with Crippen LogP contribution >= 0.6 is 0 Å². The lowest BCUT2D eigenvalue weighted by Gasteiger charge is -2.42. The molecule has 0 heterocycles. The normalized spacial score (nSPS) is 18.7. The number of anilines is 1. The number of sulfonamides is 1. The van der Waals surface area contributed by atoms with Crippen molar-refractivity contribution in [3.63, 3.8) is 0 Å². The van der Waals surface area contributed by atoms with E-state index in [4.69, 9.17) is 9.16 Å². The van der Waals surface area contributed by atoms with Crippen molar-refractivity contribution in [1.82, 2.24) is 10.6 Å². The molecular weight excluding hydrogens is 683 g/mol. The van der Waals surface area contributed by atoms with E-state index in [1.54, 1.807) is 48.5 Å². The van der Waals surface area contributed by atoms with Gasteiger partial charge in [0.05, 0.1) is 36.6 Å². The Balaban J connectivity index is 1.82. The van der Waals surface area contributed by atoms with E-state index >= 15 is 0 Å². The molecule has 284 valence electrons. The maximum atomic E-state index is 14.0. The van der Waals surface area contributed by atoms with Crippen molar-refractivity contribution in [1.29, 1.82) is 0 Å². The minimum Gasteiger partial charge on any atom is -0.469 e. The van der Waals surface area contributed by atoms with Gasteiger partial charge in [0.1, 0.15) is 0 Å². The zero-order valence-corrected chi connectivity index (χ0v) is 34.1. The molecule has 2 aromatic carbocycles. The number of rotatable bonds is 16. The number of amides is 2. The number of carbonyl (C=O) groups is 3. The van der Waals surface area contributed by atoms with Crippen LogP contribution in [0.25, 0.3) is 0 Å². The Morgan fingerprint density at radius 1 is 0.941 bits per heavy atom. The van der Waals surface area contributed by atoms with Crippen LogP contribution in [0.2, 0.25) is 18.1 Å². The van der Waals surface area contributed by atoms with Gasteiger partial charge < -0.3 is 19.8 Å². The Bertz CT molecular complexity index is 1570. The molecule has 1 aliphatic rings. The number of methoxy groups -OCH3 is 1. The smallest absolute Gasteiger partial charge is 0.308 e. The summed E-state index contributed by atoms with van der Waals surface area (Å²) in [6.07, 6.45) is 3.40. The second kappa shape index (κ2) is 18.0. The van der Waals surface area contributed by atoms with Crippen LogP contribution in [0.3, 0.4) is 0 Å². The molecule has 0 bridgehead atoms. The fourth-order valence-corrected chi connectivity index (χ4v) is 8.85. The van der Waals surface area contributed by atoms with Gasteiger partial charge in [0, 0.05) is 24.6 Å². The van der Waals surface area contributed by atoms with E-state index in [1.807, 2.05) is 13.0 Å². The lowest BCUT2D eigenvalue weighted by molar-refractivity contribution is -0.146. The van der Waals surface area contributed by atoms with Crippen LogP contribution in [0, 0.1) is 17.8 Å². The zero-order chi connectivity index (χ0) is 38.1. The number of nitrogens with zero attached hydrogens (tertiary/aromatic N) is 1. The zero-order valence-electron chi connectivity index (χ0n) is 32.3. The first-order valence-corrected chi connectivity index (χ1v) is 22.7. The van der Waals surface area contributed by atoms with E-state index < -0.39 is 36.4 Å². The fourth-order valence-electron chi connectivity index (χ4n) is 6.24. The molecular formula is C39H61N3O7SSi. The minimum atomic E-state index is -3.71. The monoisotopic (exact) mass is 743 g/mol. The van der Waals surface area contributed by atoms with Crippen LogP contribution < -0.4 is 14.9 Å². The number of hydrogen-bond donors (Lipinski definition) is 2. The second-order valence-electron chi connectivity index (χ2n) is 16.1. The lowest BCUT2D eigenvalue weighted by atomic mass is 9.85. The number of benzene rings is 2. The lowest BCUT2D eigenvalue weighted by Crippen LogP contribution is -2.53. The highest BCUT2D eigenvalue weighted by Gasteiger charge is 2.42. The Kier molecular flexibility index (Phi) is 14.9. The number of hydrogen-bond acceptors (Lipinski definition) is 7. The molecule has 0 spiro atoms.